The molecule has 5 heteroatoms. The molecule has 1 aliphatic heterocycles. The van der Waals surface area contributed by atoms with Crippen LogP contribution in [0, 0.1) is 25.2 Å². The van der Waals surface area contributed by atoms with Crippen molar-refractivity contribution >= 4 is 18.7 Å². The van der Waals surface area contributed by atoms with Gasteiger partial charge in [-0.1, -0.05) is 13.8 Å². The molecule has 1 saturated heterocycles. The van der Waals surface area contributed by atoms with Crippen molar-refractivity contribution in [1.29, 1.82) is 0 Å². The molecule has 0 bridgehead atoms. The van der Waals surface area contributed by atoms with Gasteiger partial charge in [0.15, 0.2) is 0 Å². The van der Waals surface area contributed by atoms with Gasteiger partial charge in [0.1, 0.15) is 5.82 Å². The summed E-state index contributed by atoms with van der Waals surface area (Å²) in [4.78, 5) is 13.3. The molecule has 0 amide bonds. The summed E-state index contributed by atoms with van der Waals surface area (Å²) in [5, 5.41) is 3.51. The van der Waals surface area contributed by atoms with Gasteiger partial charge in [-0.25, -0.2) is 9.97 Å². The molecule has 1 aromatic heterocycles. The molecule has 0 spiro atoms. The first-order valence-electron chi connectivity index (χ1n) is 10.8. The standard InChI is InChI=1S/C23H38N4S/c1-16-19(13-21(28)18-7-9-22(3,4)10-8-18)20(26-17(2)25-16)14-27-12-11-24-15-23(27,5)6/h13,18,24,28H,7-12,14-15H2,1-6H3/b21-13-. The fraction of sp³-hybridized carbons (Fsp3) is 0.739. The first kappa shape index (κ1) is 21.8. The smallest absolute Gasteiger partial charge is 0.125 e. The van der Waals surface area contributed by atoms with Gasteiger partial charge < -0.3 is 5.32 Å². The fourth-order valence-electron chi connectivity index (χ4n) is 4.56. The number of aryl methyl sites for hydroxylation is 2. The van der Waals surface area contributed by atoms with Crippen LogP contribution in [0.4, 0.5) is 0 Å². The largest absolute Gasteiger partial charge is 0.314 e. The molecule has 0 unspecified atom stereocenters. The molecule has 4 nitrogen and oxygen atoms in total. The van der Waals surface area contributed by atoms with Crippen LogP contribution in [-0.4, -0.2) is 40.0 Å². The summed E-state index contributed by atoms with van der Waals surface area (Å²) in [6.07, 6.45) is 7.29. The van der Waals surface area contributed by atoms with E-state index in [4.69, 9.17) is 17.6 Å². The predicted octanol–water partition coefficient (Wildman–Crippen LogP) is 4.76. The second-order valence-electron chi connectivity index (χ2n) is 10.1. The minimum absolute atomic E-state index is 0.130. The summed E-state index contributed by atoms with van der Waals surface area (Å²) in [7, 11) is 0. The lowest BCUT2D eigenvalue weighted by Crippen LogP contribution is -2.57. The molecule has 2 aliphatic rings. The maximum Gasteiger partial charge on any atom is 0.125 e. The Kier molecular flexibility index (Phi) is 6.58. The molecule has 1 saturated carbocycles. The lowest BCUT2D eigenvalue weighted by atomic mass is 9.73. The Morgan fingerprint density at radius 1 is 1.18 bits per heavy atom. The van der Waals surface area contributed by atoms with E-state index in [-0.39, 0.29) is 5.54 Å². The summed E-state index contributed by atoms with van der Waals surface area (Å²) < 4.78 is 0. The zero-order chi connectivity index (χ0) is 20.5. The zero-order valence-corrected chi connectivity index (χ0v) is 19.5. The molecule has 2 heterocycles. The molecule has 1 N–H and O–H groups in total. The first-order chi connectivity index (χ1) is 13.1. The minimum atomic E-state index is 0.130. The average Bonchev–Trinajstić information content (AvgIpc) is 2.59. The number of rotatable bonds is 4. The Hall–Kier alpha value is -0.910. The van der Waals surface area contributed by atoms with Crippen molar-refractivity contribution in [3.05, 3.63) is 27.7 Å². The number of allylic oxidation sites excluding steroid dienone is 1. The van der Waals surface area contributed by atoms with Crippen LogP contribution >= 0.6 is 12.6 Å². The van der Waals surface area contributed by atoms with Gasteiger partial charge in [0.05, 0.1) is 5.69 Å². The van der Waals surface area contributed by atoms with Crippen LogP contribution in [0.5, 0.6) is 0 Å². The van der Waals surface area contributed by atoms with Gasteiger partial charge >= 0.3 is 0 Å². The predicted molar refractivity (Wildman–Crippen MR) is 122 cm³/mol. The maximum atomic E-state index is 4.94. The molecule has 28 heavy (non-hydrogen) atoms. The van der Waals surface area contributed by atoms with E-state index >= 15 is 0 Å². The third-order valence-electron chi connectivity index (χ3n) is 6.69. The van der Waals surface area contributed by atoms with E-state index in [9.17, 15) is 0 Å². The van der Waals surface area contributed by atoms with Crippen molar-refractivity contribution in [3.63, 3.8) is 0 Å². The molecule has 0 atom stereocenters. The van der Waals surface area contributed by atoms with Crippen LogP contribution in [-0.2, 0) is 6.54 Å². The Labute approximate surface area is 177 Å². The van der Waals surface area contributed by atoms with E-state index in [1.807, 2.05) is 6.92 Å². The number of hydrogen-bond donors (Lipinski definition) is 2. The quantitative estimate of drug-likeness (QED) is 0.712. The second-order valence-corrected chi connectivity index (χ2v) is 10.7. The molecule has 156 valence electrons. The Morgan fingerprint density at radius 2 is 1.86 bits per heavy atom. The number of nitrogens with zero attached hydrogens (tertiary/aromatic N) is 3. The van der Waals surface area contributed by atoms with Gasteiger partial charge in [-0.05, 0) is 75.7 Å². The number of nitrogens with one attached hydrogen (secondary N) is 1. The second kappa shape index (κ2) is 8.45. The molecular weight excluding hydrogens is 364 g/mol. The fourth-order valence-corrected chi connectivity index (χ4v) is 4.95. The van der Waals surface area contributed by atoms with Crippen LogP contribution < -0.4 is 5.32 Å². The van der Waals surface area contributed by atoms with Crippen LogP contribution in [0.2, 0.25) is 0 Å². The van der Waals surface area contributed by atoms with E-state index < -0.39 is 0 Å². The number of thiol groups is 1. The van der Waals surface area contributed by atoms with Crippen LogP contribution in [0.25, 0.3) is 6.08 Å². The van der Waals surface area contributed by atoms with Crippen LogP contribution in [0.3, 0.4) is 0 Å². The highest BCUT2D eigenvalue weighted by molar-refractivity contribution is 7.84. The highest BCUT2D eigenvalue weighted by Gasteiger charge is 2.31. The molecule has 1 aliphatic carbocycles. The summed E-state index contributed by atoms with van der Waals surface area (Å²) in [5.74, 6) is 1.43. The van der Waals surface area contributed by atoms with Crippen molar-refractivity contribution in [2.24, 2.45) is 11.3 Å². The van der Waals surface area contributed by atoms with Crippen molar-refractivity contribution < 1.29 is 0 Å². The van der Waals surface area contributed by atoms with Crippen molar-refractivity contribution in [2.75, 3.05) is 19.6 Å². The number of aromatic nitrogens is 2. The van der Waals surface area contributed by atoms with Crippen LogP contribution in [0.1, 0.15) is 76.2 Å². The Balaban J connectivity index is 1.86. The maximum absolute atomic E-state index is 4.94. The summed E-state index contributed by atoms with van der Waals surface area (Å²) >= 11 is 4.94. The molecular formula is C23H38N4S. The lowest BCUT2D eigenvalue weighted by molar-refractivity contribution is 0.0812. The van der Waals surface area contributed by atoms with Gasteiger partial charge in [-0.2, -0.15) is 0 Å². The summed E-state index contributed by atoms with van der Waals surface area (Å²) in [6.45, 7) is 17.5. The zero-order valence-electron chi connectivity index (χ0n) is 18.6. The minimum Gasteiger partial charge on any atom is -0.314 e. The van der Waals surface area contributed by atoms with E-state index in [0.29, 0.717) is 11.3 Å². The first-order valence-corrected chi connectivity index (χ1v) is 11.2. The van der Waals surface area contributed by atoms with Crippen molar-refractivity contribution in [3.8, 4) is 0 Å². The van der Waals surface area contributed by atoms with Gasteiger partial charge in [-0.3, -0.25) is 4.90 Å². The van der Waals surface area contributed by atoms with Crippen molar-refractivity contribution in [2.45, 2.75) is 79.3 Å². The van der Waals surface area contributed by atoms with Gasteiger partial charge in [0.25, 0.3) is 0 Å². The highest BCUT2D eigenvalue weighted by Crippen LogP contribution is 2.42. The molecule has 2 fully saturated rings. The Morgan fingerprint density at radius 3 is 2.50 bits per heavy atom. The molecule has 0 radical (unpaired) electrons. The van der Waals surface area contributed by atoms with Gasteiger partial charge in [-0.15, -0.1) is 12.6 Å². The Bertz CT molecular complexity index is 728. The lowest BCUT2D eigenvalue weighted by Gasteiger charge is -2.42. The molecule has 0 aromatic carbocycles. The third-order valence-corrected chi connectivity index (χ3v) is 7.18. The highest BCUT2D eigenvalue weighted by atomic mass is 32.1. The molecule has 3 rings (SSSR count). The van der Waals surface area contributed by atoms with E-state index in [1.165, 1.54) is 36.2 Å². The summed E-state index contributed by atoms with van der Waals surface area (Å²) in [6, 6.07) is 0. The monoisotopic (exact) mass is 402 g/mol. The van der Waals surface area contributed by atoms with E-state index in [0.717, 1.165) is 43.4 Å². The SMILES string of the molecule is Cc1nc(C)c(/C=C(\S)C2CCC(C)(C)CC2)c(CN2CCNCC2(C)C)n1. The third kappa shape index (κ3) is 5.17. The number of piperazine rings is 1. The topological polar surface area (TPSA) is 41.1 Å². The van der Waals surface area contributed by atoms with Gasteiger partial charge in [0.2, 0.25) is 0 Å². The van der Waals surface area contributed by atoms with E-state index in [2.05, 4.69) is 55.9 Å². The van der Waals surface area contributed by atoms with Gasteiger partial charge in [0, 0.05) is 43.0 Å². The van der Waals surface area contributed by atoms with E-state index in [1.54, 1.807) is 0 Å². The normalized spacial score (nSPS) is 23.8. The molecule has 1 aromatic rings. The average molecular weight is 403 g/mol. The van der Waals surface area contributed by atoms with Crippen LogP contribution in [0.15, 0.2) is 4.91 Å². The number of hydrogen-bond acceptors (Lipinski definition) is 5. The van der Waals surface area contributed by atoms with Crippen molar-refractivity contribution in [1.82, 2.24) is 20.2 Å². The summed E-state index contributed by atoms with van der Waals surface area (Å²) in [5.41, 5.74) is 3.99.